The van der Waals surface area contributed by atoms with Crippen LogP contribution >= 0.6 is 23.2 Å². The van der Waals surface area contributed by atoms with Gasteiger partial charge in [0.2, 0.25) is 0 Å². The fourth-order valence-electron chi connectivity index (χ4n) is 2.75. The lowest BCUT2D eigenvalue weighted by Gasteiger charge is -2.46. The lowest BCUT2D eigenvalue weighted by atomic mass is 10.1. The van der Waals surface area contributed by atoms with E-state index in [9.17, 15) is 0 Å². The smallest absolute Gasteiger partial charge is 0.150 e. The van der Waals surface area contributed by atoms with Gasteiger partial charge in [-0.1, -0.05) is 30.1 Å². The molecule has 0 radical (unpaired) electrons. The van der Waals surface area contributed by atoms with Crippen molar-refractivity contribution in [3.05, 3.63) is 21.7 Å². The van der Waals surface area contributed by atoms with E-state index in [-0.39, 0.29) is 6.04 Å². The number of hydrogen-bond acceptors (Lipinski definition) is 4. The number of rotatable bonds is 2. The molecule has 4 rings (SSSR count). The summed E-state index contributed by atoms with van der Waals surface area (Å²) in [6, 6.07) is 0.244. The largest absolute Gasteiger partial charge is 0.299 e. The molecule has 4 nitrogen and oxygen atoms in total. The van der Waals surface area contributed by atoms with Crippen molar-refractivity contribution >= 4 is 23.2 Å². The van der Waals surface area contributed by atoms with Crippen LogP contribution in [0.2, 0.25) is 10.3 Å². The topological polar surface area (TPSA) is 32.3 Å². The van der Waals surface area contributed by atoms with Gasteiger partial charge in [0, 0.05) is 38.3 Å². The Bertz CT molecular complexity index is 434. The Morgan fingerprint density at radius 1 is 1.11 bits per heavy atom. The lowest BCUT2D eigenvalue weighted by Crippen LogP contribution is -2.57. The summed E-state index contributed by atoms with van der Waals surface area (Å²) in [5, 5.41) is 1.01. The minimum Gasteiger partial charge on any atom is -0.299 e. The van der Waals surface area contributed by atoms with Gasteiger partial charge in [0.05, 0.1) is 6.04 Å². The van der Waals surface area contributed by atoms with Crippen molar-refractivity contribution in [2.45, 2.75) is 19.4 Å². The molecule has 3 saturated heterocycles. The average molecular weight is 287 g/mol. The summed E-state index contributed by atoms with van der Waals surface area (Å²) in [6.07, 6.45) is 0.762. The van der Waals surface area contributed by atoms with Gasteiger partial charge in [0.15, 0.2) is 0 Å². The van der Waals surface area contributed by atoms with Gasteiger partial charge in [0.1, 0.15) is 16.1 Å². The fourth-order valence-corrected chi connectivity index (χ4v) is 3.42. The van der Waals surface area contributed by atoms with Gasteiger partial charge in [-0.15, -0.1) is 0 Å². The molecule has 18 heavy (non-hydrogen) atoms. The van der Waals surface area contributed by atoms with Crippen LogP contribution in [-0.2, 0) is 6.42 Å². The second-order valence-corrected chi connectivity index (χ2v) is 5.56. The Balaban J connectivity index is 1.93. The van der Waals surface area contributed by atoms with Gasteiger partial charge < -0.3 is 0 Å². The Hall–Kier alpha value is -0.420. The van der Waals surface area contributed by atoms with Crippen molar-refractivity contribution in [2.75, 3.05) is 32.7 Å². The molecule has 3 aliphatic heterocycles. The minimum atomic E-state index is 0.244. The van der Waals surface area contributed by atoms with Crippen molar-refractivity contribution in [3.63, 3.8) is 0 Å². The molecule has 0 amide bonds. The Morgan fingerprint density at radius 2 is 1.72 bits per heavy atom. The zero-order chi connectivity index (χ0) is 12.7. The van der Waals surface area contributed by atoms with E-state index in [4.69, 9.17) is 23.2 Å². The zero-order valence-corrected chi connectivity index (χ0v) is 11.9. The lowest BCUT2D eigenvalue weighted by molar-refractivity contribution is 0.00864. The molecular weight excluding hydrogens is 271 g/mol. The minimum absolute atomic E-state index is 0.244. The second-order valence-electron chi connectivity index (χ2n) is 4.85. The van der Waals surface area contributed by atoms with Crippen molar-refractivity contribution in [2.24, 2.45) is 0 Å². The first-order valence-corrected chi connectivity index (χ1v) is 7.13. The fraction of sp³-hybridized carbons (Fsp3) is 0.667. The molecule has 2 bridgehead atoms. The number of hydrogen-bond donors (Lipinski definition) is 0. The van der Waals surface area contributed by atoms with E-state index < -0.39 is 0 Å². The number of aromatic nitrogens is 2. The summed E-state index contributed by atoms with van der Waals surface area (Å²) in [5.41, 5.74) is 0.846. The van der Waals surface area contributed by atoms with Crippen LogP contribution in [0.15, 0.2) is 0 Å². The van der Waals surface area contributed by atoms with Gasteiger partial charge in [-0.25, -0.2) is 9.97 Å². The first kappa shape index (κ1) is 12.6. The molecular formula is C12H16Cl2N4. The highest BCUT2D eigenvalue weighted by atomic mass is 35.5. The summed E-state index contributed by atoms with van der Waals surface area (Å²) in [4.78, 5) is 13.8. The van der Waals surface area contributed by atoms with Crippen molar-refractivity contribution in [3.8, 4) is 0 Å². The predicted octanol–water partition coefficient (Wildman–Crippen LogP) is 2.02. The molecule has 3 aliphatic rings. The zero-order valence-electron chi connectivity index (χ0n) is 10.4. The SMILES string of the molecule is CCc1c(Cl)nc(C2CN3CCN2CC3)nc1Cl. The molecule has 1 aromatic rings. The normalized spacial score (nSPS) is 30.7. The van der Waals surface area contributed by atoms with E-state index in [0.717, 1.165) is 50.5 Å². The highest BCUT2D eigenvalue weighted by molar-refractivity contribution is 6.34. The van der Waals surface area contributed by atoms with Crippen molar-refractivity contribution in [1.82, 2.24) is 19.8 Å². The highest BCUT2D eigenvalue weighted by Crippen LogP contribution is 2.30. The maximum Gasteiger partial charge on any atom is 0.150 e. The average Bonchev–Trinajstić information content (AvgIpc) is 2.39. The summed E-state index contributed by atoms with van der Waals surface area (Å²) >= 11 is 12.4. The van der Waals surface area contributed by atoms with Crippen molar-refractivity contribution in [1.29, 1.82) is 0 Å². The van der Waals surface area contributed by atoms with Crippen LogP contribution in [0.1, 0.15) is 24.4 Å². The van der Waals surface area contributed by atoms with Crippen LogP contribution in [0, 0.1) is 0 Å². The summed E-state index contributed by atoms with van der Waals surface area (Å²) < 4.78 is 0. The molecule has 0 aliphatic carbocycles. The van der Waals surface area contributed by atoms with Crippen LogP contribution in [-0.4, -0.2) is 52.5 Å². The number of fused-ring (bicyclic) bond motifs is 3. The van der Waals surface area contributed by atoms with Crippen LogP contribution in [0.3, 0.4) is 0 Å². The second kappa shape index (κ2) is 4.93. The maximum atomic E-state index is 6.19. The third kappa shape index (κ3) is 2.11. The van der Waals surface area contributed by atoms with Gasteiger partial charge in [0.25, 0.3) is 0 Å². The van der Waals surface area contributed by atoms with Gasteiger partial charge in [-0.05, 0) is 6.42 Å². The molecule has 98 valence electrons. The summed E-state index contributed by atoms with van der Waals surface area (Å²) in [5.74, 6) is 0.770. The molecule has 0 aromatic carbocycles. The molecule has 0 N–H and O–H groups in total. The number of halogens is 2. The summed E-state index contributed by atoms with van der Waals surface area (Å²) in [6.45, 7) is 7.44. The van der Waals surface area contributed by atoms with E-state index in [1.807, 2.05) is 6.92 Å². The first-order valence-electron chi connectivity index (χ1n) is 6.37. The van der Waals surface area contributed by atoms with Gasteiger partial charge in [-0.3, -0.25) is 9.80 Å². The standard InChI is InChI=1S/C12H16Cl2N4/c1-2-8-10(13)15-12(16-11(8)14)9-7-17-3-5-18(9)6-4-17/h9H,2-7H2,1H3. The van der Waals surface area contributed by atoms with Crippen molar-refractivity contribution < 1.29 is 0 Å². The molecule has 6 heteroatoms. The van der Waals surface area contributed by atoms with E-state index in [1.165, 1.54) is 0 Å². The molecule has 1 unspecified atom stereocenters. The Labute approximate surface area is 117 Å². The van der Waals surface area contributed by atoms with Crippen LogP contribution in [0.5, 0.6) is 0 Å². The molecule has 3 fully saturated rings. The molecule has 0 saturated carbocycles. The van der Waals surface area contributed by atoms with E-state index >= 15 is 0 Å². The quantitative estimate of drug-likeness (QED) is 0.779. The van der Waals surface area contributed by atoms with E-state index in [1.54, 1.807) is 0 Å². The third-order valence-electron chi connectivity index (χ3n) is 3.85. The summed E-state index contributed by atoms with van der Waals surface area (Å²) in [7, 11) is 0. The first-order chi connectivity index (χ1) is 8.69. The maximum absolute atomic E-state index is 6.19. The predicted molar refractivity (Wildman–Crippen MR) is 72.2 cm³/mol. The molecule has 0 spiro atoms. The molecule has 4 heterocycles. The van der Waals surface area contributed by atoms with E-state index in [0.29, 0.717) is 10.3 Å². The molecule has 1 aromatic heterocycles. The number of piperazine rings is 3. The third-order valence-corrected chi connectivity index (χ3v) is 4.48. The van der Waals surface area contributed by atoms with Crippen LogP contribution in [0.4, 0.5) is 0 Å². The van der Waals surface area contributed by atoms with Gasteiger partial charge >= 0.3 is 0 Å². The van der Waals surface area contributed by atoms with E-state index in [2.05, 4.69) is 19.8 Å². The highest BCUT2D eigenvalue weighted by Gasteiger charge is 2.35. The monoisotopic (exact) mass is 286 g/mol. The van der Waals surface area contributed by atoms with Crippen LogP contribution < -0.4 is 0 Å². The Kier molecular flexibility index (Phi) is 3.45. The molecule has 1 atom stereocenters. The van der Waals surface area contributed by atoms with Crippen LogP contribution in [0.25, 0.3) is 0 Å². The Morgan fingerprint density at radius 3 is 2.17 bits per heavy atom. The van der Waals surface area contributed by atoms with Gasteiger partial charge in [-0.2, -0.15) is 0 Å². The number of nitrogens with zero attached hydrogens (tertiary/aromatic N) is 4.